The molecule has 0 radical (unpaired) electrons. The number of benzene rings is 1. The molecule has 1 rings (SSSR count). The zero-order valence-electron chi connectivity index (χ0n) is 13.8. The van der Waals surface area contributed by atoms with Crippen molar-refractivity contribution < 1.29 is 24.4 Å². The van der Waals surface area contributed by atoms with Gasteiger partial charge < -0.3 is 14.7 Å². The summed E-state index contributed by atoms with van der Waals surface area (Å²) in [4.78, 5) is 35.8. The molecule has 1 N–H and O–H groups in total. The van der Waals surface area contributed by atoms with Gasteiger partial charge >= 0.3 is 5.97 Å². The van der Waals surface area contributed by atoms with Gasteiger partial charge in [-0.2, -0.15) is 0 Å². The number of aliphatic hydroxyl groups excluding tert-OH is 1. The summed E-state index contributed by atoms with van der Waals surface area (Å²) in [6.07, 6.45) is 0.324. The van der Waals surface area contributed by atoms with Crippen LogP contribution in [0.5, 0.6) is 0 Å². The molecule has 0 aliphatic carbocycles. The van der Waals surface area contributed by atoms with Gasteiger partial charge in [0, 0.05) is 18.2 Å². The molecule has 0 heterocycles. The fourth-order valence-corrected chi connectivity index (χ4v) is 2.38. The minimum Gasteiger partial charge on any atom is -0.469 e. The molecule has 0 aliphatic heterocycles. The maximum absolute atomic E-state index is 12.6. The number of esters is 1. The van der Waals surface area contributed by atoms with Crippen LogP contribution >= 0.6 is 0 Å². The smallest absolute Gasteiger partial charge is 0.307 e. The van der Waals surface area contributed by atoms with Gasteiger partial charge in [-0.05, 0) is 6.42 Å². The summed E-state index contributed by atoms with van der Waals surface area (Å²) in [6.45, 7) is 1.65. The molecule has 24 heavy (non-hydrogen) atoms. The van der Waals surface area contributed by atoms with Gasteiger partial charge in [0.25, 0.3) is 5.69 Å². The highest BCUT2D eigenvalue weighted by Crippen LogP contribution is 2.20. The van der Waals surface area contributed by atoms with Crippen LogP contribution in [0.15, 0.2) is 24.3 Å². The number of hydrogen-bond donors (Lipinski definition) is 1. The molecule has 0 spiro atoms. The molecule has 0 bridgehead atoms. The van der Waals surface area contributed by atoms with Crippen molar-refractivity contribution in [2.75, 3.05) is 20.3 Å². The lowest BCUT2D eigenvalue weighted by atomic mass is 10.1. The summed E-state index contributed by atoms with van der Waals surface area (Å²) < 4.78 is 4.57. The SMILES string of the molecule is CCC(CO)N(CCC(=O)OC)C(=O)Cc1ccccc1[N+](=O)[O-]. The van der Waals surface area contributed by atoms with E-state index in [1.165, 1.54) is 30.2 Å². The average molecular weight is 338 g/mol. The normalized spacial score (nSPS) is 11.6. The van der Waals surface area contributed by atoms with E-state index in [9.17, 15) is 24.8 Å². The van der Waals surface area contributed by atoms with E-state index in [-0.39, 0.29) is 37.6 Å². The van der Waals surface area contributed by atoms with E-state index >= 15 is 0 Å². The molecular weight excluding hydrogens is 316 g/mol. The van der Waals surface area contributed by atoms with Crippen molar-refractivity contribution in [1.82, 2.24) is 4.90 Å². The highest BCUT2D eigenvalue weighted by atomic mass is 16.6. The third kappa shape index (κ3) is 5.31. The first kappa shape index (κ1) is 19.6. The van der Waals surface area contributed by atoms with Crippen LogP contribution in [-0.2, 0) is 20.7 Å². The number of ether oxygens (including phenoxy) is 1. The number of amides is 1. The molecule has 1 unspecified atom stereocenters. The van der Waals surface area contributed by atoms with Crippen molar-refractivity contribution in [2.24, 2.45) is 0 Å². The van der Waals surface area contributed by atoms with Gasteiger partial charge in [-0.3, -0.25) is 19.7 Å². The molecule has 0 aromatic heterocycles. The van der Waals surface area contributed by atoms with Gasteiger partial charge in [-0.25, -0.2) is 0 Å². The fourth-order valence-electron chi connectivity index (χ4n) is 2.38. The maximum Gasteiger partial charge on any atom is 0.307 e. The van der Waals surface area contributed by atoms with Crippen LogP contribution in [0.1, 0.15) is 25.3 Å². The number of nitro benzene ring substituents is 1. The Kier molecular flexibility index (Phi) is 7.84. The van der Waals surface area contributed by atoms with Crippen LogP contribution in [0.25, 0.3) is 0 Å². The molecule has 0 saturated carbocycles. The Balaban J connectivity index is 2.95. The quantitative estimate of drug-likeness (QED) is 0.413. The predicted molar refractivity (Wildman–Crippen MR) is 86.3 cm³/mol. The van der Waals surface area contributed by atoms with Gasteiger partial charge in [0.2, 0.25) is 5.91 Å². The molecular formula is C16H22N2O6. The molecule has 8 heteroatoms. The number of carbonyl (C=O) groups is 2. The molecule has 0 fully saturated rings. The van der Waals surface area contributed by atoms with E-state index in [1.807, 2.05) is 6.92 Å². The highest BCUT2D eigenvalue weighted by Gasteiger charge is 2.25. The number of aliphatic hydroxyl groups is 1. The molecule has 1 atom stereocenters. The predicted octanol–water partition coefficient (Wildman–Crippen LogP) is 1.30. The van der Waals surface area contributed by atoms with E-state index in [0.29, 0.717) is 12.0 Å². The van der Waals surface area contributed by atoms with E-state index in [0.717, 1.165) is 0 Å². The van der Waals surface area contributed by atoms with Crippen molar-refractivity contribution in [2.45, 2.75) is 32.2 Å². The summed E-state index contributed by atoms with van der Waals surface area (Å²) in [5.74, 6) is -0.847. The van der Waals surface area contributed by atoms with Crippen molar-refractivity contribution in [1.29, 1.82) is 0 Å². The Morgan fingerprint density at radius 2 is 2.04 bits per heavy atom. The minimum atomic E-state index is -0.537. The maximum atomic E-state index is 12.6. The van der Waals surface area contributed by atoms with E-state index in [1.54, 1.807) is 6.07 Å². The van der Waals surface area contributed by atoms with Crippen LogP contribution in [0.4, 0.5) is 5.69 Å². The number of nitro groups is 1. The summed E-state index contributed by atoms with van der Waals surface area (Å²) in [6, 6.07) is 5.56. The topological polar surface area (TPSA) is 110 Å². The van der Waals surface area contributed by atoms with Gasteiger partial charge in [0.1, 0.15) is 0 Å². The molecule has 1 amide bonds. The first-order chi connectivity index (χ1) is 11.4. The number of carbonyl (C=O) groups excluding carboxylic acids is 2. The Hall–Kier alpha value is -2.48. The second-order valence-electron chi connectivity index (χ2n) is 5.22. The Bertz CT molecular complexity index is 586. The average Bonchev–Trinajstić information content (AvgIpc) is 2.58. The van der Waals surface area contributed by atoms with Crippen molar-refractivity contribution >= 4 is 17.6 Å². The van der Waals surface area contributed by atoms with Crippen LogP contribution in [0, 0.1) is 10.1 Å². The van der Waals surface area contributed by atoms with Crippen molar-refractivity contribution in [3.63, 3.8) is 0 Å². The van der Waals surface area contributed by atoms with Gasteiger partial charge in [0.05, 0.1) is 37.5 Å². The largest absolute Gasteiger partial charge is 0.469 e. The van der Waals surface area contributed by atoms with Gasteiger partial charge in [-0.15, -0.1) is 0 Å². The van der Waals surface area contributed by atoms with Crippen LogP contribution in [0.3, 0.4) is 0 Å². The molecule has 0 saturated heterocycles. The lowest BCUT2D eigenvalue weighted by molar-refractivity contribution is -0.385. The van der Waals surface area contributed by atoms with Crippen molar-refractivity contribution in [3.05, 3.63) is 39.9 Å². The van der Waals surface area contributed by atoms with Crippen LogP contribution in [-0.4, -0.2) is 53.1 Å². The number of rotatable bonds is 9. The molecule has 1 aromatic rings. The van der Waals surface area contributed by atoms with Crippen molar-refractivity contribution in [3.8, 4) is 0 Å². The number of para-hydroxylation sites is 1. The van der Waals surface area contributed by atoms with E-state index in [2.05, 4.69) is 4.74 Å². The first-order valence-corrected chi connectivity index (χ1v) is 7.64. The number of methoxy groups -OCH3 is 1. The van der Waals surface area contributed by atoms with E-state index < -0.39 is 16.9 Å². The highest BCUT2D eigenvalue weighted by molar-refractivity contribution is 5.81. The number of hydrogen-bond acceptors (Lipinski definition) is 6. The standard InChI is InChI=1S/C16H22N2O6/c1-3-13(11-19)17(9-8-16(21)24-2)15(20)10-12-6-4-5-7-14(12)18(22)23/h4-7,13,19H,3,8-11H2,1-2H3. The Morgan fingerprint density at radius 1 is 1.38 bits per heavy atom. The summed E-state index contributed by atoms with van der Waals surface area (Å²) in [7, 11) is 1.26. The van der Waals surface area contributed by atoms with Crippen LogP contribution in [0.2, 0.25) is 0 Å². The zero-order chi connectivity index (χ0) is 18.1. The lowest BCUT2D eigenvalue weighted by Crippen LogP contribution is -2.44. The summed E-state index contributed by atoms with van der Waals surface area (Å²) in [5, 5.41) is 20.5. The molecule has 8 nitrogen and oxygen atoms in total. The summed E-state index contributed by atoms with van der Waals surface area (Å²) >= 11 is 0. The molecule has 1 aromatic carbocycles. The second-order valence-corrected chi connectivity index (χ2v) is 5.22. The number of nitrogens with zero attached hydrogens (tertiary/aromatic N) is 2. The van der Waals surface area contributed by atoms with E-state index in [4.69, 9.17) is 0 Å². The Labute approximate surface area is 140 Å². The Morgan fingerprint density at radius 3 is 2.58 bits per heavy atom. The van der Waals surface area contributed by atoms with Gasteiger partial charge in [-0.1, -0.05) is 25.1 Å². The first-order valence-electron chi connectivity index (χ1n) is 7.64. The summed E-state index contributed by atoms with van der Waals surface area (Å²) in [5.41, 5.74) is 0.166. The lowest BCUT2D eigenvalue weighted by Gasteiger charge is -2.29. The van der Waals surface area contributed by atoms with Gasteiger partial charge in [0.15, 0.2) is 0 Å². The molecule has 0 aliphatic rings. The third-order valence-electron chi connectivity index (χ3n) is 3.76. The third-order valence-corrected chi connectivity index (χ3v) is 3.76. The fraction of sp³-hybridized carbons (Fsp3) is 0.500. The molecule has 132 valence electrons. The van der Waals surface area contributed by atoms with Crippen LogP contribution < -0.4 is 0 Å². The second kappa shape index (κ2) is 9.61. The monoisotopic (exact) mass is 338 g/mol. The zero-order valence-corrected chi connectivity index (χ0v) is 13.8. The minimum absolute atomic E-state index is 0.00434.